The molecule has 0 aromatic carbocycles. The van der Waals surface area contributed by atoms with Gasteiger partial charge in [0.2, 0.25) is 0 Å². The van der Waals surface area contributed by atoms with E-state index in [0.29, 0.717) is 5.41 Å². The quantitative estimate of drug-likeness (QED) is 0.622. The van der Waals surface area contributed by atoms with Crippen LogP contribution in [0.4, 0.5) is 0 Å². The van der Waals surface area contributed by atoms with E-state index < -0.39 is 0 Å². The smallest absolute Gasteiger partial charge is 0.00698 e. The van der Waals surface area contributed by atoms with Crippen molar-refractivity contribution >= 4 is 0 Å². The summed E-state index contributed by atoms with van der Waals surface area (Å²) in [5.74, 6) is 1.55. The molecule has 0 aliphatic heterocycles. The lowest BCUT2D eigenvalue weighted by Gasteiger charge is -2.38. The molecule has 0 aromatic heterocycles. The number of allylic oxidation sites excluding steroid dienone is 3. The van der Waals surface area contributed by atoms with Crippen LogP contribution in [0.3, 0.4) is 0 Å². The van der Waals surface area contributed by atoms with Crippen molar-refractivity contribution in [2.24, 2.45) is 17.3 Å². The van der Waals surface area contributed by atoms with Gasteiger partial charge >= 0.3 is 0 Å². The van der Waals surface area contributed by atoms with Crippen molar-refractivity contribution in [3.05, 3.63) is 24.3 Å². The van der Waals surface area contributed by atoms with Gasteiger partial charge in [-0.2, -0.15) is 0 Å². The summed E-state index contributed by atoms with van der Waals surface area (Å²) in [6.45, 7) is 11.6. The van der Waals surface area contributed by atoms with Crippen LogP contribution in [0.1, 0.15) is 53.4 Å². The molecule has 1 aliphatic carbocycles. The van der Waals surface area contributed by atoms with Crippen LogP contribution in [0.15, 0.2) is 24.3 Å². The molecule has 18 heavy (non-hydrogen) atoms. The lowest BCUT2D eigenvalue weighted by molar-refractivity contribution is 0.221. The van der Waals surface area contributed by atoms with E-state index in [-0.39, 0.29) is 0 Å². The molecule has 0 bridgehead atoms. The normalized spacial score (nSPS) is 24.7. The van der Waals surface area contributed by atoms with Gasteiger partial charge in [0.05, 0.1) is 0 Å². The van der Waals surface area contributed by atoms with Crippen molar-refractivity contribution in [3.8, 4) is 0 Å². The standard InChI is InChI=1S/C17H31N/c1-5-9-16(4)17(11-7-6-8-12-17)14-18-13-10-15(2)3/h6-8,11,15-16,18H,5,9-10,12-14H2,1-4H3. The van der Waals surface area contributed by atoms with Crippen LogP contribution in [0.5, 0.6) is 0 Å². The Bertz CT molecular complexity index is 277. The largest absolute Gasteiger partial charge is 0.316 e. The van der Waals surface area contributed by atoms with Crippen molar-refractivity contribution in [1.82, 2.24) is 5.32 Å². The SMILES string of the molecule is CCCC(C)C1(CNCCC(C)C)C=CC=CC1. The van der Waals surface area contributed by atoms with E-state index in [0.717, 1.165) is 24.9 Å². The minimum absolute atomic E-state index is 0.349. The monoisotopic (exact) mass is 249 g/mol. The molecule has 2 atom stereocenters. The van der Waals surface area contributed by atoms with Gasteiger partial charge < -0.3 is 5.32 Å². The van der Waals surface area contributed by atoms with Gasteiger partial charge in [-0.25, -0.2) is 0 Å². The van der Waals surface area contributed by atoms with Gasteiger partial charge in [0.15, 0.2) is 0 Å². The summed E-state index contributed by atoms with van der Waals surface area (Å²) in [7, 11) is 0. The van der Waals surface area contributed by atoms with E-state index in [9.17, 15) is 0 Å². The van der Waals surface area contributed by atoms with E-state index in [2.05, 4.69) is 57.3 Å². The van der Waals surface area contributed by atoms with E-state index in [1.807, 2.05) is 0 Å². The van der Waals surface area contributed by atoms with Crippen molar-refractivity contribution in [1.29, 1.82) is 0 Å². The maximum absolute atomic E-state index is 3.68. The summed E-state index contributed by atoms with van der Waals surface area (Å²) in [4.78, 5) is 0. The van der Waals surface area contributed by atoms with Crippen LogP contribution in [-0.2, 0) is 0 Å². The maximum Gasteiger partial charge on any atom is 0.00698 e. The van der Waals surface area contributed by atoms with Crippen molar-refractivity contribution < 1.29 is 0 Å². The zero-order valence-corrected chi connectivity index (χ0v) is 12.7. The molecule has 0 saturated carbocycles. The molecule has 0 amide bonds. The first kappa shape index (κ1) is 15.5. The van der Waals surface area contributed by atoms with Gasteiger partial charge in [-0.1, -0.05) is 64.8 Å². The molecule has 104 valence electrons. The van der Waals surface area contributed by atoms with E-state index in [1.54, 1.807) is 0 Å². The Balaban J connectivity index is 2.51. The predicted octanol–water partition coefficient (Wildman–Crippen LogP) is 4.56. The molecule has 2 unspecified atom stereocenters. The number of hydrogen-bond acceptors (Lipinski definition) is 1. The summed E-state index contributed by atoms with van der Waals surface area (Å²) in [5.41, 5.74) is 0.349. The van der Waals surface area contributed by atoms with Gasteiger partial charge in [-0.3, -0.25) is 0 Å². The first-order valence-electron chi connectivity index (χ1n) is 7.66. The Hall–Kier alpha value is -0.560. The van der Waals surface area contributed by atoms with Crippen molar-refractivity contribution in [3.63, 3.8) is 0 Å². The summed E-state index contributed by atoms with van der Waals surface area (Å²) < 4.78 is 0. The Morgan fingerprint density at radius 1 is 1.17 bits per heavy atom. The van der Waals surface area contributed by atoms with Gasteiger partial charge in [-0.05, 0) is 31.2 Å². The lowest BCUT2D eigenvalue weighted by Crippen LogP contribution is -2.39. The van der Waals surface area contributed by atoms with Gasteiger partial charge in [0.25, 0.3) is 0 Å². The van der Waals surface area contributed by atoms with Crippen molar-refractivity contribution in [2.75, 3.05) is 13.1 Å². The summed E-state index contributed by atoms with van der Waals surface area (Å²) in [6, 6.07) is 0. The molecule has 0 fully saturated rings. The highest BCUT2D eigenvalue weighted by Gasteiger charge is 2.32. The molecular weight excluding hydrogens is 218 g/mol. The van der Waals surface area contributed by atoms with Crippen LogP contribution in [-0.4, -0.2) is 13.1 Å². The third kappa shape index (κ3) is 4.61. The first-order chi connectivity index (χ1) is 8.60. The third-order valence-electron chi connectivity index (χ3n) is 4.23. The zero-order chi connectivity index (χ0) is 13.4. The van der Waals surface area contributed by atoms with Crippen LogP contribution in [0, 0.1) is 17.3 Å². The number of rotatable bonds is 8. The third-order valence-corrected chi connectivity index (χ3v) is 4.23. The van der Waals surface area contributed by atoms with Crippen LogP contribution in [0.25, 0.3) is 0 Å². The second-order valence-electron chi connectivity index (χ2n) is 6.27. The van der Waals surface area contributed by atoms with Gasteiger partial charge in [-0.15, -0.1) is 0 Å². The Morgan fingerprint density at radius 3 is 2.50 bits per heavy atom. The van der Waals surface area contributed by atoms with E-state index >= 15 is 0 Å². The minimum atomic E-state index is 0.349. The Morgan fingerprint density at radius 2 is 1.94 bits per heavy atom. The summed E-state index contributed by atoms with van der Waals surface area (Å²) in [5, 5.41) is 3.68. The molecule has 1 N–H and O–H groups in total. The predicted molar refractivity (Wildman–Crippen MR) is 81.7 cm³/mol. The molecule has 0 spiro atoms. The van der Waals surface area contributed by atoms with E-state index in [4.69, 9.17) is 0 Å². The average molecular weight is 249 g/mol. The molecule has 1 aliphatic rings. The van der Waals surface area contributed by atoms with Crippen LogP contribution >= 0.6 is 0 Å². The Kier molecular flexibility index (Phi) is 6.70. The molecular formula is C17H31N. The molecule has 1 nitrogen and oxygen atoms in total. The van der Waals surface area contributed by atoms with E-state index in [1.165, 1.54) is 25.7 Å². The molecule has 0 heterocycles. The lowest BCUT2D eigenvalue weighted by atomic mass is 9.70. The number of nitrogens with one attached hydrogen (secondary N) is 1. The van der Waals surface area contributed by atoms with Gasteiger partial charge in [0, 0.05) is 12.0 Å². The fourth-order valence-corrected chi connectivity index (χ4v) is 2.78. The number of hydrogen-bond donors (Lipinski definition) is 1. The zero-order valence-electron chi connectivity index (χ0n) is 12.7. The maximum atomic E-state index is 3.68. The van der Waals surface area contributed by atoms with Crippen LogP contribution < -0.4 is 5.32 Å². The summed E-state index contributed by atoms with van der Waals surface area (Å²) >= 11 is 0. The minimum Gasteiger partial charge on any atom is -0.316 e. The highest BCUT2D eigenvalue weighted by Crippen LogP contribution is 2.38. The Labute approximate surface area is 114 Å². The van der Waals surface area contributed by atoms with Crippen molar-refractivity contribution in [2.45, 2.75) is 53.4 Å². The molecule has 1 rings (SSSR count). The molecule has 0 saturated heterocycles. The van der Waals surface area contributed by atoms with Crippen LogP contribution in [0.2, 0.25) is 0 Å². The fraction of sp³-hybridized carbons (Fsp3) is 0.765. The second kappa shape index (κ2) is 7.78. The fourth-order valence-electron chi connectivity index (χ4n) is 2.78. The topological polar surface area (TPSA) is 12.0 Å². The first-order valence-corrected chi connectivity index (χ1v) is 7.66. The highest BCUT2D eigenvalue weighted by molar-refractivity contribution is 5.18. The average Bonchev–Trinajstić information content (AvgIpc) is 2.36. The van der Waals surface area contributed by atoms with Gasteiger partial charge in [0.1, 0.15) is 0 Å². The molecule has 1 heteroatoms. The second-order valence-corrected chi connectivity index (χ2v) is 6.27. The molecule has 0 radical (unpaired) electrons. The molecule has 0 aromatic rings. The highest BCUT2D eigenvalue weighted by atomic mass is 14.9. The summed E-state index contributed by atoms with van der Waals surface area (Å²) in [6.07, 6.45) is 14.3.